The Kier molecular flexibility index (Phi) is 9.50. The van der Waals surface area contributed by atoms with Crippen LogP contribution in [0, 0.1) is 5.92 Å². The van der Waals surface area contributed by atoms with Crippen LogP contribution in [0.5, 0.6) is 5.75 Å². The van der Waals surface area contributed by atoms with Crippen molar-refractivity contribution in [2.24, 2.45) is 5.92 Å². The number of aliphatic hydroxyl groups excluding tert-OH is 2. The molecule has 0 fully saturated rings. The van der Waals surface area contributed by atoms with Gasteiger partial charge in [-0.05, 0) is 56.1 Å². The molecule has 194 valence electrons. The summed E-state index contributed by atoms with van der Waals surface area (Å²) in [5.74, 6) is -0.941. The van der Waals surface area contributed by atoms with E-state index in [2.05, 4.69) is 39.2 Å². The molecule has 7 nitrogen and oxygen atoms in total. The molecule has 0 bridgehead atoms. The number of hydrogen-bond donors (Lipinski definition) is 3. The standard InChI is InChI=1S/C27H41NO6Si/c1-9-28-20-15-19-11-10-12-21(29)25(31)22(30)14-13-17(2)18(3)33-26(32)24(19)23(16-20)34-35(7,8)27(4,5)6/h10-11,13-18,21,25,28-29,31H,9,12H2,1-8H3/b11-10?,14-13-/t17-,18+,21+,25+/m1/s1. The van der Waals surface area contributed by atoms with E-state index in [0.717, 1.165) is 5.69 Å². The van der Waals surface area contributed by atoms with Gasteiger partial charge in [0.1, 0.15) is 23.5 Å². The Balaban J connectivity index is 2.69. The van der Waals surface area contributed by atoms with Gasteiger partial charge in [-0.1, -0.05) is 45.9 Å². The van der Waals surface area contributed by atoms with E-state index in [1.807, 2.05) is 26.0 Å². The van der Waals surface area contributed by atoms with Gasteiger partial charge in [-0.25, -0.2) is 4.79 Å². The minimum Gasteiger partial charge on any atom is -0.543 e. The topological polar surface area (TPSA) is 105 Å². The van der Waals surface area contributed by atoms with Gasteiger partial charge in [0.25, 0.3) is 8.32 Å². The molecule has 2 rings (SSSR count). The third kappa shape index (κ3) is 7.29. The predicted molar refractivity (Wildman–Crippen MR) is 142 cm³/mol. The first-order valence-electron chi connectivity index (χ1n) is 12.2. The van der Waals surface area contributed by atoms with Crippen LogP contribution in [0.15, 0.2) is 30.4 Å². The van der Waals surface area contributed by atoms with Crippen LogP contribution in [-0.2, 0) is 9.53 Å². The zero-order valence-corrected chi connectivity index (χ0v) is 23.2. The highest BCUT2D eigenvalue weighted by atomic mass is 28.4. The number of esters is 1. The molecule has 1 aliphatic heterocycles. The Morgan fingerprint density at radius 1 is 1.14 bits per heavy atom. The van der Waals surface area contributed by atoms with Gasteiger partial charge in [0.2, 0.25) is 0 Å². The number of carbonyl (C=O) groups excluding carboxylic acids is 2. The lowest BCUT2D eigenvalue weighted by Gasteiger charge is -2.37. The largest absolute Gasteiger partial charge is 0.543 e. The number of benzene rings is 1. The molecule has 0 unspecified atom stereocenters. The van der Waals surface area contributed by atoms with E-state index in [1.54, 1.807) is 25.2 Å². The lowest BCUT2D eigenvalue weighted by atomic mass is 9.99. The number of carbonyl (C=O) groups is 2. The predicted octanol–water partition coefficient (Wildman–Crippen LogP) is 4.95. The summed E-state index contributed by atoms with van der Waals surface area (Å²) in [5, 5.41) is 23.7. The Hall–Kier alpha value is -2.42. The quantitative estimate of drug-likeness (QED) is 0.394. The molecular weight excluding hydrogens is 462 g/mol. The number of rotatable bonds is 4. The maximum absolute atomic E-state index is 13.5. The first-order valence-corrected chi connectivity index (χ1v) is 15.2. The Bertz CT molecular complexity index is 979. The van der Waals surface area contributed by atoms with Crippen molar-refractivity contribution in [3.8, 4) is 5.75 Å². The van der Waals surface area contributed by atoms with Crippen LogP contribution in [0.1, 0.15) is 63.9 Å². The summed E-state index contributed by atoms with van der Waals surface area (Å²) in [6.07, 6.45) is 2.85. The molecule has 0 aliphatic carbocycles. The van der Waals surface area contributed by atoms with E-state index in [0.29, 0.717) is 23.4 Å². The van der Waals surface area contributed by atoms with E-state index in [9.17, 15) is 19.8 Å². The zero-order valence-electron chi connectivity index (χ0n) is 22.2. The van der Waals surface area contributed by atoms with Crippen molar-refractivity contribution in [3.05, 3.63) is 41.5 Å². The van der Waals surface area contributed by atoms with Gasteiger partial charge < -0.3 is 24.7 Å². The fourth-order valence-corrected chi connectivity index (χ4v) is 4.31. The van der Waals surface area contributed by atoms with Gasteiger partial charge in [-0.2, -0.15) is 0 Å². The van der Waals surface area contributed by atoms with Crippen molar-refractivity contribution in [1.29, 1.82) is 0 Å². The van der Waals surface area contributed by atoms with Gasteiger partial charge in [-0.15, -0.1) is 0 Å². The highest BCUT2D eigenvalue weighted by molar-refractivity contribution is 6.74. The first kappa shape index (κ1) is 28.8. The number of cyclic esters (lactones) is 1. The number of nitrogens with one attached hydrogen (secondary N) is 1. The van der Waals surface area contributed by atoms with E-state index >= 15 is 0 Å². The number of fused-ring (bicyclic) bond motifs is 1. The molecule has 8 heteroatoms. The van der Waals surface area contributed by atoms with Crippen molar-refractivity contribution in [2.45, 2.75) is 84.4 Å². The molecular formula is C27H41NO6Si. The number of ketones is 1. The average molecular weight is 504 g/mol. The SMILES string of the molecule is CCNc1cc2c(c(O[Si](C)(C)C(C)(C)C)c1)C(=O)O[C@@H](C)[C@H](C)/C=C\C(=O)[C@@H](O)[C@@H](O)CC=C2. The van der Waals surface area contributed by atoms with Crippen molar-refractivity contribution in [2.75, 3.05) is 11.9 Å². The monoisotopic (exact) mass is 503 g/mol. The molecule has 0 saturated heterocycles. The van der Waals surface area contributed by atoms with Crippen molar-refractivity contribution >= 4 is 31.8 Å². The van der Waals surface area contributed by atoms with Crippen molar-refractivity contribution in [3.63, 3.8) is 0 Å². The second-order valence-electron chi connectivity index (χ2n) is 10.7. The van der Waals surface area contributed by atoms with Crippen molar-refractivity contribution in [1.82, 2.24) is 0 Å². The van der Waals surface area contributed by atoms with Crippen LogP contribution in [0.2, 0.25) is 18.1 Å². The van der Waals surface area contributed by atoms with Crippen LogP contribution >= 0.6 is 0 Å². The maximum atomic E-state index is 13.5. The number of hydrogen-bond acceptors (Lipinski definition) is 7. The smallest absolute Gasteiger partial charge is 0.342 e. The molecule has 0 amide bonds. The summed E-state index contributed by atoms with van der Waals surface area (Å²) in [5.41, 5.74) is 1.68. The summed E-state index contributed by atoms with van der Waals surface area (Å²) in [7, 11) is -2.30. The van der Waals surface area contributed by atoms with E-state index in [-0.39, 0.29) is 17.4 Å². The van der Waals surface area contributed by atoms with Crippen LogP contribution in [0.3, 0.4) is 0 Å². The molecule has 1 aromatic rings. The van der Waals surface area contributed by atoms with Gasteiger partial charge in [-0.3, -0.25) is 4.79 Å². The highest BCUT2D eigenvalue weighted by Gasteiger charge is 2.40. The molecule has 1 aliphatic rings. The fourth-order valence-electron chi connectivity index (χ4n) is 3.29. The second kappa shape index (κ2) is 11.5. The molecule has 0 radical (unpaired) electrons. The summed E-state index contributed by atoms with van der Waals surface area (Å²) in [6, 6.07) is 3.68. The average Bonchev–Trinajstić information content (AvgIpc) is 2.74. The summed E-state index contributed by atoms with van der Waals surface area (Å²) >= 11 is 0. The lowest BCUT2D eigenvalue weighted by Crippen LogP contribution is -2.44. The molecule has 3 N–H and O–H groups in total. The molecule has 1 heterocycles. The van der Waals surface area contributed by atoms with Crippen molar-refractivity contribution < 1.29 is 29.0 Å². The van der Waals surface area contributed by atoms with E-state index < -0.39 is 38.4 Å². The maximum Gasteiger partial charge on any atom is 0.342 e. The van der Waals surface area contributed by atoms with Crippen LogP contribution in [0.4, 0.5) is 5.69 Å². The Morgan fingerprint density at radius 2 is 1.80 bits per heavy atom. The van der Waals surface area contributed by atoms with Gasteiger partial charge >= 0.3 is 5.97 Å². The molecule has 0 spiro atoms. The van der Waals surface area contributed by atoms with Crippen LogP contribution in [0.25, 0.3) is 6.08 Å². The minimum atomic E-state index is -2.30. The van der Waals surface area contributed by atoms with E-state index in [1.165, 1.54) is 6.08 Å². The third-order valence-electron chi connectivity index (χ3n) is 6.82. The highest BCUT2D eigenvalue weighted by Crippen LogP contribution is 2.40. The minimum absolute atomic E-state index is 0.0328. The summed E-state index contributed by atoms with van der Waals surface area (Å²) < 4.78 is 12.4. The molecule has 4 atom stereocenters. The Labute approximate surface area is 210 Å². The fraction of sp³-hybridized carbons (Fsp3) is 0.556. The lowest BCUT2D eigenvalue weighted by molar-refractivity contribution is -0.127. The van der Waals surface area contributed by atoms with Gasteiger partial charge in [0.15, 0.2) is 5.78 Å². The van der Waals surface area contributed by atoms with Crippen LogP contribution in [-0.4, -0.2) is 55.1 Å². The normalized spacial score (nSPS) is 25.3. The number of aliphatic hydroxyl groups is 2. The molecule has 0 aromatic heterocycles. The summed E-state index contributed by atoms with van der Waals surface area (Å²) in [4.78, 5) is 25.8. The van der Waals surface area contributed by atoms with E-state index in [4.69, 9.17) is 9.16 Å². The third-order valence-corrected chi connectivity index (χ3v) is 11.2. The van der Waals surface area contributed by atoms with Gasteiger partial charge in [0, 0.05) is 24.2 Å². The summed E-state index contributed by atoms with van der Waals surface area (Å²) in [6.45, 7) is 16.9. The Morgan fingerprint density at radius 3 is 2.40 bits per heavy atom. The van der Waals surface area contributed by atoms with Gasteiger partial charge in [0.05, 0.1) is 6.10 Å². The van der Waals surface area contributed by atoms with Crippen LogP contribution < -0.4 is 9.74 Å². The number of anilines is 1. The molecule has 35 heavy (non-hydrogen) atoms. The zero-order chi connectivity index (χ0) is 26.6. The number of ether oxygens (including phenoxy) is 1. The molecule has 1 aromatic carbocycles. The first-order chi connectivity index (χ1) is 16.2. The second-order valence-corrected chi connectivity index (χ2v) is 15.4. The molecule has 0 saturated carbocycles.